The largest absolute Gasteiger partial charge is 0.481 e. The molecule has 0 saturated carbocycles. The number of carboxylic acid groups (broad SMARTS) is 3. The Kier molecular flexibility index (Phi) is 14.8. The zero-order valence-corrected chi connectivity index (χ0v) is 8.56. The Morgan fingerprint density at radius 2 is 1.20 bits per heavy atom. The Balaban J connectivity index is -0.000000147. The zero-order valence-electron chi connectivity index (χ0n) is 8.56. The molecule has 0 aromatic heterocycles. The van der Waals surface area contributed by atoms with Crippen LogP contribution in [0.4, 0.5) is 0 Å². The molecule has 0 bridgehead atoms. The first-order valence-corrected chi connectivity index (χ1v) is 3.58. The highest BCUT2D eigenvalue weighted by atomic mass is 16.4. The molecule has 15 heavy (non-hydrogen) atoms. The Morgan fingerprint density at radius 1 is 1.07 bits per heavy atom. The predicted octanol–water partition coefficient (Wildman–Crippen LogP) is 0.995. The summed E-state index contributed by atoms with van der Waals surface area (Å²) in [5, 5.41) is 22.9. The highest BCUT2D eigenvalue weighted by Gasteiger charge is 1.90. The summed E-state index contributed by atoms with van der Waals surface area (Å²) in [6, 6.07) is 0. The molecule has 0 fully saturated rings. The van der Waals surface area contributed by atoms with Crippen LogP contribution < -0.4 is 0 Å². The normalized spacial score (nSPS) is 6.80. The molecule has 0 aliphatic heterocycles. The van der Waals surface area contributed by atoms with Crippen LogP contribution in [0.3, 0.4) is 0 Å². The van der Waals surface area contributed by atoms with Gasteiger partial charge in [-0.1, -0.05) is 13.2 Å². The van der Waals surface area contributed by atoms with Crippen molar-refractivity contribution in [2.24, 2.45) is 0 Å². The summed E-state index contributed by atoms with van der Waals surface area (Å²) in [5.41, 5.74) is 0.176. The molecule has 0 aliphatic rings. The van der Waals surface area contributed by atoms with Crippen molar-refractivity contribution < 1.29 is 29.7 Å². The average molecular weight is 218 g/mol. The first-order valence-electron chi connectivity index (χ1n) is 3.58. The van der Waals surface area contributed by atoms with Crippen molar-refractivity contribution in [1.29, 1.82) is 0 Å². The van der Waals surface area contributed by atoms with Crippen molar-refractivity contribution in [2.75, 3.05) is 0 Å². The van der Waals surface area contributed by atoms with Gasteiger partial charge in [0, 0.05) is 18.6 Å². The molecule has 0 unspecified atom stereocenters. The van der Waals surface area contributed by atoms with Crippen molar-refractivity contribution in [2.45, 2.75) is 13.8 Å². The topological polar surface area (TPSA) is 112 Å². The molecule has 0 radical (unpaired) electrons. The van der Waals surface area contributed by atoms with Crippen molar-refractivity contribution in [3.63, 3.8) is 0 Å². The fourth-order valence-electron chi connectivity index (χ4n) is 0. The molecule has 0 amide bonds. The lowest BCUT2D eigenvalue weighted by Crippen LogP contribution is -1.92. The van der Waals surface area contributed by atoms with Gasteiger partial charge in [0.15, 0.2) is 0 Å². The summed E-state index contributed by atoms with van der Waals surface area (Å²) >= 11 is 0. The van der Waals surface area contributed by atoms with Crippen LogP contribution in [0.2, 0.25) is 0 Å². The van der Waals surface area contributed by atoms with Crippen molar-refractivity contribution in [1.82, 2.24) is 0 Å². The van der Waals surface area contributed by atoms with Gasteiger partial charge in [0.1, 0.15) is 0 Å². The molecular formula is C9H14O6. The first kappa shape index (κ1) is 18.6. The minimum Gasteiger partial charge on any atom is -0.481 e. The molecule has 0 rings (SSSR count). The van der Waals surface area contributed by atoms with Crippen molar-refractivity contribution in [3.8, 4) is 0 Å². The van der Waals surface area contributed by atoms with Gasteiger partial charge in [-0.05, 0) is 6.92 Å². The maximum absolute atomic E-state index is 9.60. The van der Waals surface area contributed by atoms with E-state index < -0.39 is 17.9 Å². The molecule has 6 heteroatoms. The van der Waals surface area contributed by atoms with Crippen molar-refractivity contribution in [3.05, 3.63) is 24.8 Å². The maximum Gasteiger partial charge on any atom is 0.330 e. The number of hydrogen-bond donors (Lipinski definition) is 3. The molecule has 0 aliphatic carbocycles. The molecule has 0 heterocycles. The molecule has 3 N–H and O–H groups in total. The molecule has 0 spiro atoms. The molecular weight excluding hydrogens is 204 g/mol. The standard InChI is InChI=1S/C4H6O2.C3H4O2.C2H4O2/c1-3(2)4(5)6;1-2-3(4)5;1-2(3)4/h1H2,2H3,(H,5,6);2H,1H2,(H,4,5);1H3,(H,3,4). The lowest BCUT2D eigenvalue weighted by Gasteiger charge is -1.79. The Morgan fingerprint density at radius 3 is 1.20 bits per heavy atom. The average Bonchev–Trinajstić information content (AvgIpc) is 2.04. The third-order valence-corrected chi connectivity index (χ3v) is 0.540. The Hall–Kier alpha value is -2.11. The Bertz CT molecular complexity index is 237. The van der Waals surface area contributed by atoms with Crippen LogP contribution in [0, 0.1) is 0 Å². The number of hydrogen-bond acceptors (Lipinski definition) is 3. The lowest BCUT2D eigenvalue weighted by molar-refractivity contribution is -0.134. The van der Waals surface area contributed by atoms with Gasteiger partial charge >= 0.3 is 11.9 Å². The van der Waals surface area contributed by atoms with E-state index >= 15 is 0 Å². The van der Waals surface area contributed by atoms with E-state index in [2.05, 4.69) is 13.2 Å². The highest BCUT2D eigenvalue weighted by molar-refractivity contribution is 5.84. The summed E-state index contributed by atoms with van der Waals surface area (Å²) in [5.74, 6) is -2.75. The van der Waals surface area contributed by atoms with Crippen LogP contribution in [0.5, 0.6) is 0 Å². The molecule has 0 aromatic rings. The zero-order chi connectivity index (χ0) is 13.0. The Labute approximate surface area is 87.2 Å². The van der Waals surface area contributed by atoms with E-state index in [1.54, 1.807) is 0 Å². The lowest BCUT2D eigenvalue weighted by atomic mass is 10.4. The van der Waals surface area contributed by atoms with Crippen LogP contribution in [-0.2, 0) is 14.4 Å². The summed E-state index contributed by atoms with van der Waals surface area (Å²) in [6.07, 6.45) is 0.833. The van der Waals surface area contributed by atoms with Crippen LogP contribution in [0.1, 0.15) is 13.8 Å². The van der Waals surface area contributed by atoms with E-state index in [1.165, 1.54) is 6.92 Å². The molecule has 86 valence electrons. The predicted molar refractivity (Wildman–Crippen MR) is 53.6 cm³/mol. The smallest absolute Gasteiger partial charge is 0.330 e. The van der Waals surface area contributed by atoms with Crippen LogP contribution in [0.25, 0.3) is 0 Å². The third kappa shape index (κ3) is 76.9. The fraction of sp³-hybridized carbons (Fsp3) is 0.222. The quantitative estimate of drug-likeness (QED) is 0.596. The second-order valence-electron chi connectivity index (χ2n) is 2.15. The summed E-state index contributed by atoms with van der Waals surface area (Å²) in [6.45, 7) is 8.65. The number of carboxylic acids is 3. The van der Waals surface area contributed by atoms with E-state index in [9.17, 15) is 9.59 Å². The second kappa shape index (κ2) is 11.9. The van der Waals surface area contributed by atoms with Gasteiger partial charge in [-0.15, -0.1) is 0 Å². The van der Waals surface area contributed by atoms with E-state index in [0.29, 0.717) is 0 Å². The summed E-state index contributed by atoms with van der Waals surface area (Å²) in [7, 11) is 0. The number of rotatable bonds is 2. The fourth-order valence-corrected chi connectivity index (χ4v) is 0. The maximum atomic E-state index is 9.60. The number of carbonyl (C=O) groups is 3. The summed E-state index contributed by atoms with van der Waals surface area (Å²) < 4.78 is 0. The number of aliphatic carboxylic acids is 3. The molecule has 0 aromatic carbocycles. The monoisotopic (exact) mass is 218 g/mol. The van der Waals surface area contributed by atoms with Gasteiger partial charge < -0.3 is 15.3 Å². The first-order chi connectivity index (χ1) is 6.64. The molecule has 6 nitrogen and oxygen atoms in total. The van der Waals surface area contributed by atoms with E-state index in [-0.39, 0.29) is 5.57 Å². The van der Waals surface area contributed by atoms with Crippen molar-refractivity contribution >= 4 is 17.9 Å². The van der Waals surface area contributed by atoms with Crippen LogP contribution in [-0.4, -0.2) is 33.2 Å². The van der Waals surface area contributed by atoms with Crippen LogP contribution in [0.15, 0.2) is 24.8 Å². The van der Waals surface area contributed by atoms with Gasteiger partial charge in [0.05, 0.1) is 0 Å². The van der Waals surface area contributed by atoms with Gasteiger partial charge in [-0.3, -0.25) is 4.79 Å². The van der Waals surface area contributed by atoms with E-state index in [0.717, 1.165) is 13.0 Å². The van der Waals surface area contributed by atoms with E-state index in [1.807, 2.05) is 0 Å². The van der Waals surface area contributed by atoms with Crippen LogP contribution >= 0.6 is 0 Å². The van der Waals surface area contributed by atoms with Gasteiger partial charge in [0.2, 0.25) is 0 Å². The van der Waals surface area contributed by atoms with Gasteiger partial charge in [-0.25, -0.2) is 9.59 Å². The molecule has 0 saturated heterocycles. The van der Waals surface area contributed by atoms with Gasteiger partial charge in [-0.2, -0.15) is 0 Å². The SMILES string of the molecule is C=C(C)C(=O)O.C=CC(=O)O.CC(=O)O. The minimum atomic E-state index is -0.981. The molecule has 0 atom stereocenters. The summed E-state index contributed by atoms with van der Waals surface area (Å²) in [4.78, 5) is 27.8. The van der Waals surface area contributed by atoms with E-state index in [4.69, 9.17) is 20.1 Å². The minimum absolute atomic E-state index is 0.176. The second-order valence-corrected chi connectivity index (χ2v) is 2.15. The highest BCUT2D eigenvalue weighted by Crippen LogP contribution is 1.81. The van der Waals surface area contributed by atoms with Gasteiger partial charge in [0.25, 0.3) is 5.97 Å². The third-order valence-electron chi connectivity index (χ3n) is 0.540.